The summed E-state index contributed by atoms with van der Waals surface area (Å²) >= 11 is 0. The van der Waals surface area contributed by atoms with Gasteiger partial charge in [-0.15, -0.1) is 0 Å². The third kappa shape index (κ3) is 3.94. The molecule has 4 nitrogen and oxygen atoms in total. The number of allylic oxidation sites excluding steroid dienone is 1. The predicted molar refractivity (Wildman–Crippen MR) is 76.7 cm³/mol. The minimum atomic E-state index is -5.67. The molecule has 1 aliphatic carbocycles. The summed E-state index contributed by atoms with van der Waals surface area (Å²) in [5.74, 6) is 0.0898. The molecule has 0 saturated carbocycles. The molecule has 0 aromatic heterocycles. The molecule has 8 heteroatoms. The van der Waals surface area contributed by atoms with E-state index in [1.54, 1.807) is 12.1 Å². The lowest BCUT2D eigenvalue weighted by Gasteiger charge is -2.19. The summed E-state index contributed by atoms with van der Waals surface area (Å²) in [4.78, 5) is 0. The summed E-state index contributed by atoms with van der Waals surface area (Å²) in [6.07, 6.45) is 2.32. The summed E-state index contributed by atoms with van der Waals surface area (Å²) in [7, 11) is -4.26. The van der Waals surface area contributed by atoms with Crippen molar-refractivity contribution in [3.05, 3.63) is 35.4 Å². The first-order valence-electron chi connectivity index (χ1n) is 6.63. The normalized spacial score (nSPS) is 14.2. The Kier molecular flexibility index (Phi) is 5.87. The van der Waals surface area contributed by atoms with Gasteiger partial charge in [-0.25, -0.2) is 0 Å². The monoisotopic (exact) mass is 338 g/mol. The molecule has 22 heavy (non-hydrogen) atoms. The number of methoxy groups -OCH3 is 1. The van der Waals surface area contributed by atoms with Gasteiger partial charge in [-0.05, 0) is 36.6 Å². The van der Waals surface area contributed by atoms with E-state index < -0.39 is 15.6 Å². The van der Waals surface area contributed by atoms with Gasteiger partial charge in [0.05, 0.1) is 7.11 Å². The number of rotatable bonds is 3. The first-order chi connectivity index (χ1) is 10.2. The molecule has 1 aliphatic rings. The lowest BCUT2D eigenvalue weighted by Crippen LogP contribution is -2.25. The van der Waals surface area contributed by atoms with E-state index in [1.807, 2.05) is 13.8 Å². The Labute approximate surface area is 127 Å². The van der Waals surface area contributed by atoms with E-state index in [2.05, 4.69) is 4.18 Å². The first-order valence-corrected chi connectivity index (χ1v) is 8.03. The average molecular weight is 338 g/mol. The molecule has 0 atom stereocenters. The number of alkyl halides is 3. The van der Waals surface area contributed by atoms with E-state index in [0.29, 0.717) is 29.7 Å². The second kappa shape index (κ2) is 7.04. The average Bonchev–Trinajstić information content (AvgIpc) is 2.48. The predicted octanol–water partition coefficient (Wildman–Crippen LogP) is 3.87. The Balaban J connectivity index is 0.00000116. The Morgan fingerprint density at radius 3 is 2.36 bits per heavy atom. The summed E-state index contributed by atoms with van der Waals surface area (Å²) in [5.41, 5.74) is -4.45. The van der Waals surface area contributed by atoms with E-state index in [9.17, 15) is 21.6 Å². The molecular formula is C14H17F3O4S. The van der Waals surface area contributed by atoms with Gasteiger partial charge in [0, 0.05) is 5.56 Å². The molecule has 124 valence electrons. The van der Waals surface area contributed by atoms with Crippen LogP contribution in [0.4, 0.5) is 13.2 Å². The van der Waals surface area contributed by atoms with E-state index in [4.69, 9.17) is 4.74 Å². The highest BCUT2D eigenvalue weighted by Crippen LogP contribution is 2.35. The van der Waals surface area contributed by atoms with Crippen LogP contribution in [-0.2, 0) is 20.7 Å². The van der Waals surface area contributed by atoms with Crippen LogP contribution in [0.1, 0.15) is 31.4 Å². The maximum absolute atomic E-state index is 12.3. The lowest BCUT2D eigenvalue weighted by molar-refractivity contribution is -0.0509. The van der Waals surface area contributed by atoms with Crippen molar-refractivity contribution in [2.45, 2.75) is 32.2 Å². The topological polar surface area (TPSA) is 52.6 Å². The van der Waals surface area contributed by atoms with Gasteiger partial charge < -0.3 is 8.92 Å². The summed E-state index contributed by atoms with van der Waals surface area (Å²) in [6, 6.07) is 4.77. The standard InChI is InChI=1S/C12H11F3O4S.C2H6/c1-18-9-6-5-8-3-2-4-11(10(8)7-9)19-20(16,17)12(13,14)15;1-2/h4-7H,2-3H2,1H3;1-2H3. The van der Waals surface area contributed by atoms with Crippen molar-refractivity contribution < 1.29 is 30.5 Å². The molecule has 1 aromatic carbocycles. The molecule has 0 radical (unpaired) electrons. The van der Waals surface area contributed by atoms with E-state index in [0.717, 1.165) is 0 Å². The third-order valence-corrected chi connectivity index (χ3v) is 3.77. The Hall–Kier alpha value is -1.70. The summed E-state index contributed by atoms with van der Waals surface area (Å²) in [6.45, 7) is 4.00. The van der Waals surface area contributed by atoms with Crippen molar-refractivity contribution in [3.8, 4) is 5.75 Å². The molecule has 0 aliphatic heterocycles. The van der Waals surface area contributed by atoms with Crippen LogP contribution < -0.4 is 4.74 Å². The van der Waals surface area contributed by atoms with Crippen molar-refractivity contribution in [1.82, 2.24) is 0 Å². The molecule has 0 N–H and O–H groups in total. The molecule has 0 saturated heterocycles. The molecule has 0 bridgehead atoms. The zero-order chi connectivity index (χ0) is 17.0. The van der Waals surface area contributed by atoms with Gasteiger partial charge in [0.15, 0.2) is 0 Å². The zero-order valence-electron chi connectivity index (χ0n) is 12.4. The SMILES string of the molecule is CC.COc1ccc2c(c1)C(OS(=O)(=O)C(F)(F)F)=CCC2. The fourth-order valence-electron chi connectivity index (χ4n) is 1.84. The zero-order valence-corrected chi connectivity index (χ0v) is 13.2. The summed E-state index contributed by atoms with van der Waals surface area (Å²) < 4.78 is 68.4. The van der Waals surface area contributed by atoms with E-state index in [-0.39, 0.29) is 5.76 Å². The highest BCUT2D eigenvalue weighted by Gasteiger charge is 2.49. The molecule has 0 spiro atoms. The number of ether oxygens (including phenoxy) is 1. The Bertz CT molecular complexity index is 649. The van der Waals surface area contributed by atoms with Gasteiger partial charge in [-0.2, -0.15) is 21.6 Å². The van der Waals surface area contributed by atoms with Crippen molar-refractivity contribution in [3.63, 3.8) is 0 Å². The number of hydrogen-bond donors (Lipinski definition) is 0. The number of aryl methyl sites for hydroxylation is 1. The minimum absolute atomic E-state index is 0.295. The van der Waals surface area contributed by atoms with Crippen LogP contribution in [-0.4, -0.2) is 21.0 Å². The van der Waals surface area contributed by atoms with Gasteiger partial charge in [-0.3, -0.25) is 0 Å². The fourth-order valence-corrected chi connectivity index (χ4v) is 2.33. The van der Waals surface area contributed by atoms with Gasteiger partial charge in [0.1, 0.15) is 11.5 Å². The quantitative estimate of drug-likeness (QED) is 0.620. The second-order valence-electron chi connectivity index (χ2n) is 4.11. The Morgan fingerprint density at radius 1 is 1.18 bits per heavy atom. The minimum Gasteiger partial charge on any atom is -0.497 e. The van der Waals surface area contributed by atoms with E-state index in [1.165, 1.54) is 19.3 Å². The number of fused-ring (bicyclic) bond motifs is 1. The summed E-state index contributed by atoms with van der Waals surface area (Å²) in [5, 5.41) is 0. The molecular weight excluding hydrogens is 321 g/mol. The number of benzene rings is 1. The lowest BCUT2D eigenvalue weighted by atomic mass is 9.96. The highest BCUT2D eigenvalue weighted by molar-refractivity contribution is 7.87. The van der Waals surface area contributed by atoms with Crippen molar-refractivity contribution in [2.24, 2.45) is 0 Å². The highest BCUT2D eigenvalue weighted by atomic mass is 32.2. The third-order valence-electron chi connectivity index (χ3n) is 2.81. The molecule has 0 fully saturated rings. The second-order valence-corrected chi connectivity index (χ2v) is 5.65. The van der Waals surface area contributed by atoms with E-state index >= 15 is 0 Å². The molecule has 1 aromatic rings. The van der Waals surface area contributed by atoms with Crippen LogP contribution in [0.5, 0.6) is 5.75 Å². The van der Waals surface area contributed by atoms with Gasteiger partial charge in [0.25, 0.3) is 0 Å². The van der Waals surface area contributed by atoms with Gasteiger partial charge in [0.2, 0.25) is 0 Å². The van der Waals surface area contributed by atoms with Crippen LogP contribution in [0.25, 0.3) is 5.76 Å². The van der Waals surface area contributed by atoms with Crippen LogP contribution in [0, 0.1) is 0 Å². The largest absolute Gasteiger partial charge is 0.534 e. The van der Waals surface area contributed by atoms with Crippen molar-refractivity contribution >= 4 is 15.9 Å². The number of halogens is 3. The maximum atomic E-state index is 12.3. The van der Waals surface area contributed by atoms with Gasteiger partial charge >= 0.3 is 15.6 Å². The van der Waals surface area contributed by atoms with Crippen LogP contribution >= 0.6 is 0 Å². The van der Waals surface area contributed by atoms with Crippen molar-refractivity contribution in [2.75, 3.05) is 7.11 Å². The smallest absolute Gasteiger partial charge is 0.497 e. The fraction of sp³-hybridized carbons (Fsp3) is 0.429. The molecule has 0 amide bonds. The molecule has 2 rings (SSSR count). The van der Waals surface area contributed by atoms with Crippen LogP contribution in [0.15, 0.2) is 24.3 Å². The maximum Gasteiger partial charge on any atom is 0.534 e. The first kappa shape index (κ1) is 18.3. The van der Waals surface area contributed by atoms with Crippen molar-refractivity contribution in [1.29, 1.82) is 0 Å². The van der Waals surface area contributed by atoms with Gasteiger partial charge in [-0.1, -0.05) is 19.9 Å². The molecule has 0 unspecified atom stereocenters. The Morgan fingerprint density at radius 2 is 1.82 bits per heavy atom. The molecule has 0 heterocycles. The van der Waals surface area contributed by atoms with Crippen LogP contribution in [0.3, 0.4) is 0 Å². The van der Waals surface area contributed by atoms with Crippen LogP contribution in [0.2, 0.25) is 0 Å². The number of hydrogen-bond acceptors (Lipinski definition) is 4.